The summed E-state index contributed by atoms with van der Waals surface area (Å²) in [6.07, 6.45) is 1.39. The third kappa shape index (κ3) is 5.48. The van der Waals surface area contributed by atoms with Crippen molar-refractivity contribution in [1.82, 2.24) is 5.32 Å². The quantitative estimate of drug-likeness (QED) is 0.250. The first-order chi connectivity index (χ1) is 17.2. The lowest BCUT2D eigenvalue weighted by Crippen LogP contribution is -2.54. The molecule has 1 fully saturated rings. The molecule has 1 N–H and O–H groups in total. The molecule has 0 atom stereocenters. The number of nitrogens with one attached hydrogen (secondary N) is 1. The Labute approximate surface area is 229 Å². The van der Waals surface area contributed by atoms with Gasteiger partial charge in [-0.1, -0.05) is 45.7 Å². The van der Waals surface area contributed by atoms with Crippen molar-refractivity contribution in [3.05, 3.63) is 90.8 Å². The normalized spacial score (nSPS) is 14.8. The van der Waals surface area contributed by atoms with Crippen LogP contribution in [0.15, 0.2) is 69.1 Å². The van der Waals surface area contributed by atoms with E-state index in [2.05, 4.69) is 37.2 Å². The summed E-state index contributed by atoms with van der Waals surface area (Å²) in [5, 5.41) is 2.57. The number of ether oxygens (including phenoxy) is 2. The molecule has 0 aromatic heterocycles. The van der Waals surface area contributed by atoms with Crippen LogP contribution in [0.25, 0.3) is 6.08 Å². The number of rotatable bonds is 6. The molecular formula is C26H19Br2ClN2O5. The van der Waals surface area contributed by atoms with Crippen molar-refractivity contribution in [2.24, 2.45) is 0 Å². The minimum Gasteiger partial charge on any atom is -0.493 e. The molecule has 3 aromatic rings. The summed E-state index contributed by atoms with van der Waals surface area (Å²) in [7, 11) is 1.49. The Bertz CT molecular complexity index is 1410. The molecule has 36 heavy (non-hydrogen) atoms. The van der Waals surface area contributed by atoms with Crippen LogP contribution in [0, 0.1) is 6.92 Å². The molecule has 10 heteroatoms. The molecule has 0 unspecified atom stereocenters. The van der Waals surface area contributed by atoms with Crippen LogP contribution in [0.2, 0.25) is 5.02 Å². The maximum absolute atomic E-state index is 13.3. The number of carbonyl (C=O) groups is 3. The van der Waals surface area contributed by atoms with E-state index >= 15 is 0 Å². The average molecular weight is 635 g/mol. The van der Waals surface area contributed by atoms with E-state index in [-0.39, 0.29) is 5.57 Å². The largest absolute Gasteiger partial charge is 0.493 e. The predicted molar refractivity (Wildman–Crippen MR) is 144 cm³/mol. The molecule has 0 radical (unpaired) electrons. The number of amides is 4. The van der Waals surface area contributed by atoms with E-state index in [4.69, 9.17) is 21.1 Å². The fourth-order valence-corrected chi connectivity index (χ4v) is 4.57. The number of imide groups is 2. The molecule has 3 aromatic carbocycles. The van der Waals surface area contributed by atoms with Crippen molar-refractivity contribution in [3.8, 4) is 11.5 Å². The third-order valence-electron chi connectivity index (χ3n) is 5.37. The van der Waals surface area contributed by atoms with Crippen LogP contribution in [0.4, 0.5) is 10.5 Å². The molecule has 0 saturated carbocycles. The minimum atomic E-state index is -0.844. The zero-order chi connectivity index (χ0) is 26.0. The van der Waals surface area contributed by atoms with E-state index in [9.17, 15) is 14.4 Å². The van der Waals surface area contributed by atoms with Crippen LogP contribution in [-0.4, -0.2) is 25.0 Å². The van der Waals surface area contributed by atoms with Crippen molar-refractivity contribution >= 4 is 73.1 Å². The van der Waals surface area contributed by atoms with Gasteiger partial charge in [-0.2, -0.15) is 0 Å². The molecule has 0 bridgehead atoms. The predicted octanol–water partition coefficient (Wildman–Crippen LogP) is 6.43. The number of nitrogens with zero attached hydrogens (tertiary/aromatic N) is 1. The van der Waals surface area contributed by atoms with Gasteiger partial charge in [0.2, 0.25) is 0 Å². The number of aryl methyl sites for hydroxylation is 1. The Balaban J connectivity index is 1.66. The average Bonchev–Trinajstić information content (AvgIpc) is 2.84. The summed E-state index contributed by atoms with van der Waals surface area (Å²) >= 11 is 13.0. The number of methoxy groups -OCH3 is 1. The Morgan fingerprint density at radius 1 is 1.03 bits per heavy atom. The van der Waals surface area contributed by atoms with Crippen LogP contribution in [0.3, 0.4) is 0 Å². The molecule has 0 spiro atoms. The van der Waals surface area contributed by atoms with Gasteiger partial charge in [0.05, 0.1) is 17.3 Å². The molecule has 1 heterocycles. The highest BCUT2D eigenvalue weighted by Gasteiger charge is 2.37. The SMILES string of the molecule is COc1cc(/C=C2\C(=O)NC(=O)N(c3cc(Cl)ccc3C)C2=O)cc(Br)c1OCc1ccc(Br)cc1. The second kappa shape index (κ2) is 10.9. The van der Waals surface area contributed by atoms with Gasteiger partial charge in [0.25, 0.3) is 11.8 Å². The Morgan fingerprint density at radius 2 is 1.75 bits per heavy atom. The number of hydrogen-bond donors (Lipinski definition) is 1. The molecular weight excluding hydrogens is 616 g/mol. The van der Waals surface area contributed by atoms with E-state index in [1.165, 1.54) is 19.3 Å². The number of hydrogen-bond acceptors (Lipinski definition) is 5. The number of anilines is 1. The van der Waals surface area contributed by atoms with Crippen molar-refractivity contribution in [2.45, 2.75) is 13.5 Å². The van der Waals surface area contributed by atoms with Crippen molar-refractivity contribution in [2.75, 3.05) is 12.0 Å². The lowest BCUT2D eigenvalue weighted by atomic mass is 10.1. The van der Waals surface area contributed by atoms with E-state index < -0.39 is 17.8 Å². The maximum atomic E-state index is 13.3. The zero-order valence-electron chi connectivity index (χ0n) is 19.1. The number of barbiturate groups is 1. The fraction of sp³-hybridized carbons (Fsp3) is 0.115. The van der Waals surface area contributed by atoms with E-state index in [1.54, 1.807) is 31.2 Å². The lowest BCUT2D eigenvalue weighted by Gasteiger charge is -2.27. The topological polar surface area (TPSA) is 84.9 Å². The van der Waals surface area contributed by atoms with Gasteiger partial charge in [0.15, 0.2) is 11.5 Å². The first-order valence-corrected chi connectivity index (χ1v) is 12.6. The van der Waals surface area contributed by atoms with Crippen molar-refractivity contribution < 1.29 is 23.9 Å². The van der Waals surface area contributed by atoms with E-state index in [1.807, 2.05) is 24.3 Å². The number of urea groups is 1. The Kier molecular flexibility index (Phi) is 7.82. The van der Waals surface area contributed by atoms with E-state index in [0.717, 1.165) is 14.9 Å². The Morgan fingerprint density at radius 3 is 2.44 bits per heavy atom. The number of halogens is 3. The van der Waals surface area contributed by atoms with E-state index in [0.29, 0.717) is 44.4 Å². The summed E-state index contributed by atoms with van der Waals surface area (Å²) in [6, 6.07) is 15.0. The first-order valence-electron chi connectivity index (χ1n) is 10.6. The zero-order valence-corrected chi connectivity index (χ0v) is 23.0. The van der Waals surface area contributed by atoms with Crippen LogP contribution in [0.1, 0.15) is 16.7 Å². The Hall–Kier alpha value is -3.14. The van der Waals surface area contributed by atoms with Gasteiger partial charge in [-0.3, -0.25) is 14.9 Å². The lowest BCUT2D eigenvalue weighted by molar-refractivity contribution is -0.122. The summed E-state index contributed by atoms with van der Waals surface area (Å²) in [4.78, 5) is 39.3. The van der Waals surface area contributed by atoms with Gasteiger partial charge in [-0.15, -0.1) is 0 Å². The van der Waals surface area contributed by atoms with Gasteiger partial charge < -0.3 is 9.47 Å². The molecule has 0 aliphatic carbocycles. The monoisotopic (exact) mass is 632 g/mol. The standard InChI is InChI=1S/C26H19Br2ClN2O5/c1-14-3-8-18(29)12-21(14)31-25(33)19(24(32)30-26(31)34)9-16-10-20(28)23(22(11-16)35-2)36-13-15-4-6-17(27)7-5-15/h3-12H,13H2,1-2H3,(H,30,32,34)/b19-9+. The summed E-state index contributed by atoms with van der Waals surface area (Å²) in [5.41, 5.74) is 2.17. The molecule has 4 rings (SSSR count). The van der Waals surface area contributed by atoms with Crippen LogP contribution < -0.4 is 19.7 Å². The molecule has 1 saturated heterocycles. The molecule has 1 aliphatic rings. The second-order valence-electron chi connectivity index (χ2n) is 7.84. The van der Waals surface area contributed by atoms with Crippen LogP contribution >= 0.6 is 43.5 Å². The highest BCUT2D eigenvalue weighted by Crippen LogP contribution is 2.38. The smallest absolute Gasteiger partial charge is 0.335 e. The highest BCUT2D eigenvalue weighted by molar-refractivity contribution is 9.10. The van der Waals surface area contributed by atoms with Gasteiger partial charge in [-0.25, -0.2) is 9.69 Å². The summed E-state index contributed by atoms with van der Waals surface area (Å²) in [6.45, 7) is 2.04. The molecule has 1 aliphatic heterocycles. The number of benzene rings is 3. The molecule has 184 valence electrons. The number of carbonyl (C=O) groups excluding carboxylic acids is 3. The van der Waals surface area contributed by atoms with Gasteiger partial charge in [-0.05, 0) is 82.0 Å². The molecule has 7 nitrogen and oxygen atoms in total. The fourth-order valence-electron chi connectivity index (χ4n) is 3.57. The minimum absolute atomic E-state index is 0.216. The summed E-state index contributed by atoms with van der Waals surface area (Å²) < 4.78 is 13.0. The molecule has 4 amide bonds. The first kappa shape index (κ1) is 25.9. The van der Waals surface area contributed by atoms with Crippen LogP contribution in [0.5, 0.6) is 11.5 Å². The van der Waals surface area contributed by atoms with Crippen molar-refractivity contribution in [3.63, 3.8) is 0 Å². The van der Waals surface area contributed by atoms with Crippen molar-refractivity contribution in [1.29, 1.82) is 0 Å². The van der Waals surface area contributed by atoms with Gasteiger partial charge in [0.1, 0.15) is 12.2 Å². The van der Waals surface area contributed by atoms with Gasteiger partial charge >= 0.3 is 6.03 Å². The van der Waals surface area contributed by atoms with Crippen LogP contribution in [-0.2, 0) is 16.2 Å². The van der Waals surface area contributed by atoms with Gasteiger partial charge in [0, 0.05) is 9.50 Å². The third-order valence-corrected chi connectivity index (χ3v) is 6.73. The second-order valence-corrected chi connectivity index (χ2v) is 10.0. The maximum Gasteiger partial charge on any atom is 0.335 e. The highest BCUT2D eigenvalue weighted by atomic mass is 79.9. The summed E-state index contributed by atoms with van der Waals surface area (Å²) in [5.74, 6) is -0.699.